The van der Waals surface area contributed by atoms with Crippen molar-refractivity contribution in [1.82, 2.24) is 10.2 Å². The Morgan fingerprint density at radius 3 is 2.55 bits per heavy atom. The third kappa shape index (κ3) is 4.80. The van der Waals surface area contributed by atoms with Gasteiger partial charge in [-0.25, -0.2) is 0 Å². The van der Waals surface area contributed by atoms with Crippen LogP contribution in [0.25, 0.3) is 0 Å². The Balaban J connectivity index is 1.86. The molecule has 0 heterocycles. The van der Waals surface area contributed by atoms with Gasteiger partial charge in [0.25, 0.3) is 0 Å². The molecule has 1 N–H and O–H groups in total. The summed E-state index contributed by atoms with van der Waals surface area (Å²) in [5.74, 6) is 0.928. The smallest absolute Gasteiger partial charge is 0.118 e. The second-order valence-electron chi connectivity index (χ2n) is 5.89. The van der Waals surface area contributed by atoms with E-state index in [4.69, 9.17) is 4.74 Å². The summed E-state index contributed by atoms with van der Waals surface area (Å²) in [6.07, 6.45) is 5.22. The normalized spacial score (nSPS) is 16.4. The molecule has 1 aromatic rings. The molecule has 1 saturated carbocycles. The summed E-state index contributed by atoms with van der Waals surface area (Å²) in [4.78, 5) is 2.47. The van der Waals surface area contributed by atoms with E-state index < -0.39 is 0 Å². The van der Waals surface area contributed by atoms with Crippen LogP contribution in [0, 0.1) is 0 Å². The van der Waals surface area contributed by atoms with Crippen LogP contribution in [-0.2, 0) is 6.54 Å². The Morgan fingerprint density at radius 2 is 2.00 bits per heavy atom. The molecule has 2 rings (SSSR count). The Kier molecular flexibility index (Phi) is 5.86. The predicted octanol–water partition coefficient (Wildman–Crippen LogP) is 3.05. The van der Waals surface area contributed by atoms with Crippen molar-refractivity contribution in [3.63, 3.8) is 0 Å². The quantitative estimate of drug-likeness (QED) is 0.750. The highest BCUT2D eigenvalue weighted by atomic mass is 16.5. The van der Waals surface area contributed by atoms with E-state index in [9.17, 15) is 0 Å². The van der Waals surface area contributed by atoms with Crippen molar-refractivity contribution in [3.8, 4) is 5.75 Å². The number of likely N-dealkylation sites (N-methyl/N-ethyl adjacent to an activating group) is 1. The van der Waals surface area contributed by atoms with Gasteiger partial charge in [0.2, 0.25) is 0 Å². The van der Waals surface area contributed by atoms with Crippen LogP contribution in [0.1, 0.15) is 38.2 Å². The number of hydrogen-bond donors (Lipinski definition) is 1. The fourth-order valence-corrected chi connectivity index (χ4v) is 2.55. The summed E-state index contributed by atoms with van der Waals surface area (Å²) in [5.41, 5.74) is 1.35. The molecule has 1 fully saturated rings. The molecule has 0 radical (unpaired) electrons. The van der Waals surface area contributed by atoms with Crippen LogP contribution in [0.5, 0.6) is 5.75 Å². The largest absolute Gasteiger partial charge is 0.497 e. The molecule has 0 amide bonds. The van der Waals surface area contributed by atoms with Gasteiger partial charge in [-0.3, -0.25) is 4.90 Å². The van der Waals surface area contributed by atoms with Gasteiger partial charge in [-0.1, -0.05) is 25.5 Å². The number of ether oxygens (including phenoxy) is 1. The molecular formula is C17H28N2O. The molecule has 3 heteroatoms. The third-order valence-corrected chi connectivity index (χ3v) is 4.06. The van der Waals surface area contributed by atoms with E-state index >= 15 is 0 Å². The van der Waals surface area contributed by atoms with Crippen molar-refractivity contribution < 1.29 is 4.74 Å². The second-order valence-corrected chi connectivity index (χ2v) is 5.89. The van der Waals surface area contributed by atoms with E-state index in [1.165, 1.54) is 31.2 Å². The maximum absolute atomic E-state index is 5.21. The first-order valence-electron chi connectivity index (χ1n) is 7.79. The molecule has 1 aliphatic rings. The van der Waals surface area contributed by atoms with Crippen molar-refractivity contribution in [3.05, 3.63) is 29.8 Å². The fourth-order valence-electron chi connectivity index (χ4n) is 2.55. The Bertz CT molecular complexity index is 386. The molecule has 0 aromatic heterocycles. The molecule has 1 aliphatic carbocycles. The molecule has 0 saturated heterocycles. The molecule has 1 atom stereocenters. The molecule has 1 unspecified atom stereocenters. The van der Waals surface area contributed by atoms with Crippen LogP contribution in [0.3, 0.4) is 0 Å². The lowest BCUT2D eigenvalue weighted by Gasteiger charge is -2.28. The van der Waals surface area contributed by atoms with Crippen LogP contribution >= 0.6 is 0 Å². The summed E-state index contributed by atoms with van der Waals surface area (Å²) >= 11 is 0. The van der Waals surface area contributed by atoms with E-state index in [0.29, 0.717) is 6.04 Å². The van der Waals surface area contributed by atoms with Crippen molar-refractivity contribution >= 4 is 0 Å². The molecule has 0 aliphatic heterocycles. The number of rotatable bonds is 9. The summed E-state index contributed by atoms with van der Waals surface area (Å²) in [5, 5.41) is 3.66. The zero-order valence-electron chi connectivity index (χ0n) is 13.1. The van der Waals surface area contributed by atoms with Gasteiger partial charge in [-0.15, -0.1) is 0 Å². The summed E-state index contributed by atoms with van der Waals surface area (Å²) in [6.45, 7) is 4.39. The monoisotopic (exact) mass is 276 g/mol. The SMILES string of the molecule is CCCC(CNC1CC1)N(C)Cc1ccc(OC)cc1. The average Bonchev–Trinajstić information content (AvgIpc) is 3.28. The highest BCUT2D eigenvalue weighted by molar-refractivity contribution is 5.27. The zero-order valence-corrected chi connectivity index (χ0v) is 13.1. The standard InChI is InChI=1S/C17H28N2O/c1-4-5-16(12-18-15-8-9-15)19(2)13-14-6-10-17(20-3)11-7-14/h6-7,10-11,15-16,18H,4-5,8-9,12-13H2,1-3H3. The van der Waals surface area contributed by atoms with Gasteiger partial charge in [0.1, 0.15) is 5.75 Å². The van der Waals surface area contributed by atoms with Crippen molar-refractivity contribution in [2.45, 2.75) is 51.2 Å². The number of hydrogen-bond acceptors (Lipinski definition) is 3. The van der Waals surface area contributed by atoms with Gasteiger partial charge in [-0.05, 0) is 44.0 Å². The lowest BCUT2D eigenvalue weighted by Crippen LogP contribution is -2.40. The highest BCUT2D eigenvalue weighted by Gasteiger charge is 2.23. The second kappa shape index (κ2) is 7.65. The van der Waals surface area contributed by atoms with E-state index in [2.05, 4.69) is 36.3 Å². The minimum Gasteiger partial charge on any atom is -0.497 e. The Morgan fingerprint density at radius 1 is 1.30 bits per heavy atom. The van der Waals surface area contributed by atoms with E-state index in [-0.39, 0.29) is 0 Å². The minimum atomic E-state index is 0.628. The molecule has 20 heavy (non-hydrogen) atoms. The lowest BCUT2D eigenvalue weighted by molar-refractivity contribution is 0.214. The fraction of sp³-hybridized carbons (Fsp3) is 0.647. The predicted molar refractivity (Wildman–Crippen MR) is 84.2 cm³/mol. The number of methoxy groups -OCH3 is 1. The zero-order chi connectivity index (χ0) is 14.4. The van der Waals surface area contributed by atoms with Gasteiger partial charge in [0.15, 0.2) is 0 Å². The van der Waals surface area contributed by atoms with Crippen LogP contribution in [0.2, 0.25) is 0 Å². The van der Waals surface area contributed by atoms with Gasteiger partial charge in [0, 0.05) is 25.2 Å². The van der Waals surface area contributed by atoms with Crippen molar-refractivity contribution in [2.24, 2.45) is 0 Å². The maximum atomic E-state index is 5.21. The third-order valence-electron chi connectivity index (χ3n) is 4.06. The number of nitrogens with zero attached hydrogens (tertiary/aromatic N) is 1. The molecule has 3 nitrogen and oxygen atoms in total. The van der Waals surface area contributed by atoms with Gasteiger partial charge in [-0.2, -0.15) is 0 Å². The van der Waals surface area contributed by atoms with E-state index in [1.54, 1.807) is 7.11 Å². The Hall–Kier alpha value is -1.06. The average molecular weight is 276 g/mol. The van der Waals surface area contributed by atoms with Crippen LogP contribution in [0.4, 0.5) is 0 Å². The van der Waals surface area contributed by atoms with Gasteiger partial charge in [0.05, 0.1) is 7.11 Å². The van der Waals surface area contributed by atoms with Crippen molar-refractivity contribution in [1.29, 1.82) is 0 Å². The van der Waals surface area contributed by atoms with Crippen LogP contribution < -0.4 is 10.1 Å². The van der Waals surface area contributed by atoms with Crippen LogP contribution in [0.15, 0.2) is 24.3 Å². The minimum absolute atomic E-state index is 0.628. The summed E-state index contributed by atoms with van der Waals surface area (Å²) in [6, 6.07) is 9.83. The first kappa shape index (κ1) is 15.3. The van der Waals surface area contributed by atoms with E-state index in [1.807, 2.05) is 12.1 Å². The summed E-state index contributed by atoms with van der Waals surface area (Å²) in [7, 11) is 3.95. The maximum Gasteiger partial charge on any atom is 0.118 e. The number of nitrogens with one attached hydrogen (secondary N) is 1. The molecule has 112 valence electrons. The van der Waals surface area contributed by atoms with Crippen LogP contribution in [-0.4, -0.2) is 37.7 Å². The first-order valence-corrected chi connectivity index (χ1v) is 7.79. The highest BCUT2D eigenvalue weighted by Crippen LogP contribution is 2.20. The molecule has 0 bridgehead atoms. The van der Waals surface area contributed by atoms with Crippen molar-refractivity contribution in [2.75, 3.05) is 20.7 Å². The van der Waals surface area contributed by atoms with E-state index in [0.717, 1.165) is 24.9 Å². The molecule has 0 spiro atoms. The Labute approximate surface area is 123 Å². The lowest BCUT2D eigenvalue weighted by atomic mass is 10.1. The number of benzene rings is 1. The summed E-state index contributed by atoms with van der Waals surface area (Å²) < 4.78 is 5.21. The molecule has 1 aromatic carbocycles. The topological polar surface area (TPSA) is 24.5 Å². The molecular weight excluding hydrogens is 248 g/mol. The van der Waals surface area contributed by atoms with Gasteiger partial charge < -0.3 is 10.1 Å². The first-order chi connectivity index (χ1) is 9.72. The van der Waals surface area contributed by atoms with Gasteiger partial charge >= 0.3 is 0 Å².